The minimum Gasteiger partial charge on any atom is -0.508 e. The van der Waals surface area contributed by atoms with Crippen molar-refractivity contribution in [3.8, 4) is 45.4 Å². The molecule has 4 bridgehead atoms. The van der Waals surface area contributed by atoms with E-state index in [-0.39, 0.29) is 84.0 Å². The highest BCUT2D eigenvalue weighted by molar-refractivity contribution is 5.93. The highest BCUT2D eigenvalue weighted by Gasteiger charge is 2.31. The third kappa shape index (κ3) is 11.8. The molecule has 0 amide bonds. The van der Waals surface area contributed by atoms with Crippen LogP contribution in [-0.2, 0) is 32.1 Å². The van der Waals surface area contributed by atoms with E-state index in [0.29, 0.717) is 43.2 Å². The van der Waals surface area contributed by atoms with Crippen LogP contribution in [0.2, 0.25) is 0 Å². The topological polar surface area (TPSA) is 190 Å². The number of H-pyrrole nitrogens is 1. The Labute approximate surface area is 426 Å². The first-order valence-electron chi connectivity index (χ1n) is 25.6. The highest BCUT2D eigenvalue weighted by atomic mass is 16.5. The molecule has 0 saturated carbocycles. The van der Waals surface area contributed by atoms with Gasteiger partial charge in [-0.05, 0) is 109 Å². The molecule has 7 N–H and O–H groups in total. The van der Waals surface area contributed by atoms with Gasteiger partial charge in [0.05, 0.1) is 32.5 Å². The Morgan fingerprint density at radius 2 is 1.71 bits per heavy atom. The number of piperazine rings is 1. The third-order valence-corrected chi connectivity index (χ3v) is 14.1. The molecule has 0 radical (unpaired) electrons. The molecule has 5 heterocycles. The first kappa shape index (κ1) is 51.0. The normalized spacial score (nSPS) is 17.1. The Bertz CT molecular complexity index is 3060. The van der Waals surface area contributed by atoms with Crippen LogP contribution < -0.4 is 29.9 Å². The number of rotatable bonds is 14. The Hall–Kier alpha value is -6.87. The molecule has 1 fully saturated rings. The van der Waals surface area contributed by atoms with Crippen LogP contribution in [0.4, 0.5) is 5.82 Å². The van der Waals surface area contributed by atoms with Gasteiger partial charge in [0.1, 0.15) is 28.3 Å². The van der Waals surface area contributed by atoms with Crippen LogP contribution in [0.25, 0.3) is 39.5 Å². The third-order valence-electron chi connectivity index (χ3n) is 14.1. The summed E-state index contributed by atoms with van der Waals surface area (Å²) in [5.41, 5.74) is 8.94. The lowest BCUT2D eigenvalue weighted by Crippen LogP contribution is -2.52. The highest BCUT2D eigenvalue weighted by Crippen LogP contribution is 2.48. The second-order valence-corrected chi connectivity index (χ2v) is 19.2. The van der Waals surface area contributed by atoms with Crippen LogP contribution in [0.5, 0.6) is 23.0 Å². The van der Waals surface area contributed by atoms with Crippen molar-refractivity contribution in [2.24, 2.45) is 5.92 Å². The van der Waals surface area contributed by atoms with Gasteiger partial charge in [-0.25, -0.2) is 0 Å². The first-order valence-corrected chi connectivity index (χ1v) is 25.6. The van der Waals surface area contributed by atoms with Crippen molar-refractivity contribution in [3.05, 3.63) is 165 Å². The minimum absolute atomic E-state index is 0.00269. The van der Waals surface area contributed by atoms with Gasteiger partial charge in [0.25, 0.3) is 0 Å². The summed E-state index contributed by atoms with van der Waals surface area (Å²) in [6.07, 6.45) is 5.58. The molecule has 7 aromatic rings. The summed E-state index contributed by atoms with van der Waals surface area (Å²) in [6.45, 7) is 4.27. The van der Waals surface area contributed by atoms with Crippen molar-refractivity contribution in [1.29, 1.82) is 0 Å². The summed E-state index contributed by atoms with van der Waals surface area (Å²) in [5.74, 6) is 1.49. The van der Waals surface area contributed by atoms with Gasteiger partial charge < -0.3 is 59.4 Å². The SMILES string of the molecule is CCc1cc2c([nH]1)N1CCNC[C@H]1Cc1ccc(c([C@@H](O)CCCO)c1)C[C@H](CO)COc1c(OC)c(OCC[C@@H](O)/C=C/c3ccccc3)c3c(=O)cc(-c4ccc(O)cc4)oc3c1CCc1cccc-2c1. The van der Waals surface area contributed by atoms with E-state index in [0.717, 1.165) is 82.9 Å². The smallest absolute Gasteiger partial charge is 0.204 e. The van der Waals surface area contributed by atoms with Gasteiger partial charge in [-0.15, -0.1) is 0 Å². The van der Waals surface area contributed by atoms with E-state index in [1.54, 1.807) is 18.2 Å². The zero-order valence-corrected chi connectivity index (χ0v) is 41.7. The number of aromatic nitrogens is 1. The molecular formula is C60H67N3O10. The van der Waals surface area contributed by atoms with Crippen molar-refractivity contribution in [2.75, 3.05) is 58.1 Å². The summed E-state index contributed by atoms with van der Waals surface area (Å²) >= 11 is 0. The fraction of sp³-hybridized carbons (Fsp3) is 0.350. The predicted molar refractivity (Wildman–Crippen MR) is 286 cm³/mol. The molecule has 382 valence electrons. The molecule has 1 saturated heterocycles. The lowest BCUT2D eigenvalue weighted by Gasteiger charge is -2.38. The Kier molecular flexibility index (Phi) is 16.6. The number of ether oxygens (including phenoxy) is 3. The quantitative estimate of drug-likeness (QED) is 0.0550. The monoisotopic (exact) mass is 989 g/mol. The number of aromatic hydroxyl groups is 1. The maximum atomic E-state index is 14.7. The number of fused-ring (bicyclic) bond motifs is 7. The number of phenolic OH excluding ortho intramolecular Hbond substituents is 1. The zero-order chi connectivity index (χ0) is 50.8. The van der Waals surface area contributed by atoms with Gasteiger partial charge >= 0.3 is 0 Å². The van der Waals surface area contributed by atoms with E-state index in [4.69, 9.17) is 18.6 Å². The lowest BCUT2D eigenvalue weighted by molar-refractivity contribution is 0.145. The van der Waals surface area contributed by atoms with E-state index in [2.05, 4.69) is 64.6 Å². The molecule has 10 rings (SSSR count). The number of nitrogens with zero attached hydrogens (tertiary/aromatic N) is 1. The number of nitrogens with one attached hydrogen (secondary N) is 2. The minimum atomic E-state index is -0.865. The number of aryl methyl sites for hydroxylation is 3. The van der Waals surface area contributed by atoms with Crippen LogP contribution in [0.3, 0.4) is 0 Å². The van der Waals surface area contributed by atoms with Gasteiger partial charge in [0.15, 0.2) is 16.9 Å². The molecule has 73 heavy (non-hydrogen) atoms. The Morgan fingerprint density at radius 3 is 2.49 bits per heavy atom. The van der Waals surface area contributed by atoms with E-state index in [1.807, 2.05) is 42.5 Å². The Morgan fingerprint density at radius 1 is 0.877 bits per heavy atom. The van der Waals surface area contributed by atoms with Gasteiger partial charge in [-0.1, -0.05) is 91.9 Å². The number of benzene rings is 5. The fourth-order valence-electron chi connectivity index (χ4n) is 10.2. The first-order chi connectivity index (χ1) is 35.6. The number of hydrogen-bond donors (Lipinski definition) is 7. The molecule has 3 aliphatic heterocycles. The summed E-state index contributed by atoms with van der Waals surface area (Å²) in [7, 11) is 1.50. The standard InChI is InChI=1S/C60H67N3O10/c1-3-45-33-51-43-12-7-11-39(29-43)16-23-49-56-55(53(69)34-54(73-56)42-18-21-47(66)22-19-42)58(71-28-24-48(67)20-15-38-9-5-4-6-10-38)59(70-2)57(49)72-37-41(36-65)30-44-17-14-40(32-50(44)52(68)13-8-27-64)31-46-35-61-25-26-63(46)60(51)62-45/h4-7,9-12,14-15,17-22,29,32-34,41,46,48,52,61-62,64-68H,3,8,13,16,23-28,30-31,35-37H2,1-2H3/b20-15+/t41-,46-,48+,52+/m1/s1. The fourth-order valence-corrected chi connectivity index (χ4v) is 10.2. The molecule has 13 heteroatoms. The predicted octanol–water partition coefficient (Wildman–Crippen LogP) is 8.73. The molecule has 13 nitrogen and oxygen atoms in total. The van der Waals surface area contributed by atoms with Crippen LogP contribution in [-0.4, -0.2) is 95.8 Å². The van der Waals surface area contributed by atoms with Gasteiger partial charge in [-0.3, -0.25) is 4.79 Å². The summed E-state index contributed by atoms with van der Waals surface area (Å²) in [5, 5.41) is 57.6. The average molecular weight is 990 g/mol. The molecule has 2 aromatic heterocycles. The van der Waals surface area contributed by atoms with Crippen LogP contribution >= 0.6 is 0 Å². The zero-order valence-electron chi connectivity index (χ0n) is 41.7. The summed E-state index contributed by atoms with van der Waals surface area (Å²) in [6, 6.07) is 34.7. The average Bonchev–Trinajstić information content (AvgIpc) is 3.85. The largest absolute Gasteiger partial charge is 0.508 e. The van der Waals surface area contributed by atoms with Crippen LogP contribution in [0, 0.1) is 5.92 Å². The number of aliphatic hydroxyl groups is 4. The van der Waals surface area contributed by atoms with Crippen molar-refractivity contribution < 1.29 is 44.2 Å². The molecular weight excluding hydrogens is 923 g/mol. The molecule has 0 unspecified atom stereocenters. The Balaban J connectivity index is 1.20. The van der Waals surface area contributed by atoms with Crippen molar-refractivity contribution in [3.63, 3.8) is 0 Å². The van der Waals surface area contributed by atoms with Crippen molar-refractivity contribution in [2.45, 2.75) is 76.5 Å². The summed E-state index contributed by atoms with van der Waals surface area (Å²) < 4.78 is 26.5. The van der Waals surface area contributed by atoms with Crippen molar-refractivity contribution in [1.82, 2.24) is 10.3 Å². The number of phenols is 1. The second kappa shape index (κ2) is 23.8. The number of hydrogen-bond acceptors (Lipinski definition) is 12. The van der Waals surface area contributed by atoms with Crippen molar-refractivity contribution >= 4 is 22.9 Å². The maximum absolute atomic E-state index is 14.7. The molecule has 3 aliphatic rings. The van der Waals surface area contributed by atoms with E-state index in [1.165, 1.54) is 25.3 Å². The molecule has 5 aromatic carbocycles. The molecule has 0 spiro atoms. The number of methoxy groups -OCH3 is 1. The van der Waals surface area contributed by atoms with Gasteiger partial charge in [-0.2, -0.15) is 0 Å². The van der Waals surface area contributed by atoms with E-state index < -0.39 is 18.1 Å². The van der Waals surface area contributed by atoms with Crippen LogP contribution in [0.1, 0.15) is 71.4 Å². The second-order valence-electron chi connectivity index (χ2n) is 19.2. The van der Waals surface area contributed by atoms with Gasteiger partial charge in [0, 0.05) is 79.7 Å². The van der Waals surface area contributed by atoms with Gasteiger partial charge in [0.2, 0.25) is 5.75 Å². The molecule has 0 aliphatic carbocycles. The van der Waals surface area contributed by atoms with E-state index >= 15 is 0 Å². The number of aromatic amines is 1. The maximum Gasteiger partial charge on any atom is 0.204 e. The lowest BCUT2D eigenvalue weighted by atomic mass is 9.89. The van der Waals surface area contributed by atoms with E-state index in [9.17, 15) is 30.3 Å². The number of anilines is 1. The number of aliphatic hydroxyl groups excluding tert-OH is 4. The van der Waals surface area contributed by atoms with Crippen LogP contribution in [0.15, 0.2) is 124 Å². The molecule has 4 atom stereocenters. The summed E-state index contributed by atoms with van der Waals surface area (Å²) in [4.78, 5) is 21.0.